The Balaban J connectivity index is 2.15. The van der Waals surface area contributed by atoms with Gasteiger partial charge in [-0.05, 0) is 61.9 Å². The van der Waals surface area contributed by atoms with Gasteiger partial charge in [-0.15, -0.1) is 0 Å². The van der Waals surface area contributed by atoms with E-state index in [-0.39, 0.29) is 5.75 Å². The summed E-state index contributed by atoms with van der Waals surface area (Å²) in [6, 6.07) is 9.89. The summed E-state index contributed by atoms with van der Waals surface area (Å²) in [5, 5.41) is 13.6. The molecule has 0 spiro atoms. The predicted octanol–water partition coefficient (Wildman–Crippen LogP) is 2.10. The molecular formula is C20H25N3O6S. The van der Waals surface area contributed by atoms with Crippen LogP contribution in [0.2, 0.25) is 0 Å². The summed E-state index contributed by atoms with van der Waals surface area (Å²) in [6.07, 6.45) is 2.39. The van der Waals surface area contributed by atoms with E-state index >= 15 is 0 Å². The molecule has 0 radical (unpaired) electrons. The van der Waals surface area contributed by atoms with Crippen molar-refractivity contribution in [3.63, 3.8) is 0 Å². The quantitative estimate of drug-likeness (QED) is 0.460. The van der Waals surface area contributed by atoms with E-state index in [2.05, 4.69) is 10.5 Å². The molecule has 0 aromatic heterocycles. The van der Waals surface area contributed by atoms with E-state index in [9.17, 15) is 18.3 Å². The fourth-order valence-electron chi connectivity index (χ4n) is 2.68. The zero-order valence-electron chi connectivity index (χ0n) is 17.2. The fraction of sp³-hybridized carbons (Fsp3) is 0.300. The molecule has 9 nitrogen and oxygen atoms in total. The molecule has 0 saturated heterocycles. The maximum Gasteiger partial charge on any atom is 0.263 e. The van der Waals surface area contributed by atoms with Crippen molar-refractivity contribution in [2.45, 2.75) is 19.9 Å². The molecule has 2 aromatic rings. The maximum atomic E-state index is 12.5. The summed E-state index contributed by atoms with van der Waals surface area (Å²) in [5.41, 5.74) is 3.24. The number of carbonyl (C=O) groups excluding carboxylic acids is 1. The van der Waals surface area contributed by atoms with Crippen LogP contribution in [-0.4, -0.2) is 51.7 Å². The molecule has 1 amide bonds. The van der Waals surface area contributed by atoms with E-state index in [1.54, 1.807) is 43.3 Å². The van der Waals surface area contributed by atoms with E-state index in [1.165, 1.54) is 26.3 Å². The Morgan fingerprint density at radius 3 is 2.50 bits per heavy atom. The van der Waals surface area contributed by atoms with E-state index < -0.39 is 22.0 Å². The molecule has 0 aliphatic rings. The standard InChI is InChI=1S/C20H25N3O6S/c1-5-29-19-12-15(6-11-18(19)24)13-21-22-20(25)14(2)23(30(4,26)27)16-7-9-17(28-3)10-8-16/h6-14,24H,5H2,1-4H3,(H,22,25)/b21-13-/t14-/m1/s1. The van der Waals surface area contributed by atoms with Gasteiger partial charge in [-0.2, -0.15) is 5.10 Å². The van der Waals surface area contributed by atoms with Crippen LogP contribution in [0, 0.1) is 0 Å². The molecule has 1 atom stereocenters. The van der Waals surface area contributed by atoms with Gasteiger partial charge in [0, 0.05) is 0 Å². The number of benzene rings is 2. The van der Waals surface area contributed by atoms with Crippen LogP contribution in [-0.2, 0) is 14.8 Å². The molecule has 0 saturated carbocycles. The lowest BCUT2D eigenvalue weighted by atomic mass is 10.2. The van der Waals surface area contributed by atoms with E-state index in [1.807, 2.05) is 0 Å². The number of hydrogen-bond acceptors (Lipinski definition) is 7. The Bertz CT molecular complexity index is 1010. The molecule has 2 N–H and O–H groups in total. The van der Waals surface area contributed by atoms with Crippen molar-refractivity contribution in [2.75, 3.05) is 24.3 Å². The largest absolute Gasteiger partial charge is 0.504 e. The molecule has 0 unspecified atom stereocenters. The zero-order valence-corrected chi connectivity index (χ0v) is 18.0. The molecule has 0 heterocycles. The van der Waals surface area contributed by atoms with Crippen LogP contribution in [0.1, 0.15) is 19.4 Å². The van der Waals surface area contributed by atoms with Crippen molar-refractivity contribution in [1.82, 2.24) is 5.43 Å². The van der Waals surface area contributed by atoms with Gasteiger partial charge in [0.05, 0.1) is 31.9 Å². The van der Waals surface area contributed by atoms with Gasteiger partial charge in [-0.1, -0.05) is 0 Å². The number of hydrogen-bond donors (Lipinski definition) is 2. The van der Waals surface area contributed by atoms with E-state index in [4.69, 9.17) is 9.47 Å². The Morgan fingerprint density at radius 1 is 1.27 bits per heavy atom. The predicted molar refractivity (Wildman–Crippen MR) is 115 cm³/mol. The lowest BCUT2D eigenvalue weighted by Gasteiger charge is -2.27. The van der Waals surface area contributed by atoms with Crippen LogP contribution in [0.15, 0.2) is 47.6 Å². The van der Waals surface area contributed by atoms with Crippen LogP contribution >= 0.6 is 0 Å². The van der Waals surface area contributed by atoms with Gasteiger partial charge < -0.3 is 14.6 Å². The van der Waals surface area contributed by atoms with Crippen LogP contribution in [0.3, 0.4) is 0 Å². The fourth-order valence-corrected chi connectivity index (χ4v) is 3.86. The highest BCUT2D eigenvalue weighted by Gasteiger charge is 2.29. The topological polar surface area (TPSA) is 118 Å². The number of nitrogens with one attached hydrogen (secondary N) is 1. The summed E-state index contributed by atoms with van der Waals surface area (Å²) in [7, 11) is -2.24. The van der Waals surface area contributed by atoms with Gasteiger partial charge >= 0.3 is 0 Å². The number of amides is 1. The molecule has 10 heteroatoms. The summed E-state index contributed by atoms with van der Waals surface area (Å²) in [6.45, 7) is 3.64. The van der Waals surface area contributed by atoms with Crippen molar-refractivity contribution in [3.05, 3.63) is 48.0 Å². The second-order valence-corrected chi connectivity index (χ2v) is 8.19. The number of phenols is 1. The van der Waals surface area contributed by atoms with Gasteiger partial charge in [0.25, 0.3) is 5.91 Å². The van der Waals surface area contributed by atoms with Crippen molar-refractivity contribution in [2.24, 2.45) is 5.10 Å². The van der Waals surface area contributed by atoms with Crippen LogP contribution in [0.25, 0.3) is 0 Å². The van der Waals surface area contributed by atoms with E-state index in [0.29, 0.717) is 29.4 Å². The molecular weight excluding hydrogens is 410 g/mol. The lowest BCUT2D eigenvalue weighted by molar-refractivity contribution is -0.121. The SMILES string of the molecule is CCOc1cc(/C=N\NC(=O)[C@@H](C)N(c2ccc(OC)cc2)S(C)(=O)=O)ccc1O. The smallest absolute Gasteiger partial charge is 0.263 e. The monoisotopic (exact) mass is 435 g/mol. The minimum absolute atomic E-state index is 0.00468. The first-order valence-electron chi connectivity index (χ1n) is 9.09. The average molecular weight is 436 g/mol. The number of hydrazone groups is 1. The Morgan fingerprint density at radius 2 is 1.93 bits per heavy atom. The van der Waals surface area contributed by atoms with Gasteiger partial charge in [0.15, 0.2) is 11.5 Å². The van der Waals surface area contributed by atoms with Crippen molar-refractivity contribution in [3.8, 4) is 17.2 Å². The normalized spacial score (nSPS) is 12.4. The first-order chi connectivity index (χ1) is 14.2. The number of rotatable bonds is 9. The molecule has 0 aliphatic heterocycles. The summed E-state index contributed by atoms with van der Waals surface area (Å²) in [4.78, 5) is 12.5. The average Bonchev–Trinajstić information content (AvgIpc) is 2.70. The number of anilines is 1. The van der Waals surface area contributed by atoms with Crippen LogP contribution < -0.4 is 19.2 Å². The lowest BCUT2D eigenvalue weighted by Crippen LogP contribution is -2.46. The van der Waals surface area contributed by atoms with Crippen molar-refractivity contribution < 1.29 is 27.8 Å². The molecule has 0 aliphatic carbocycles. The molecule has 162 valence electrons. The number of methoxy groups -OCH3 is 1. The number of phenolic OH excluding ortho intramolecular Hbond substituents is 1. The summed E-state index contributed by atoms with van der Waals surface area (Å²) >= 11 is 0. The van der Waals surface area contributed by atoms with Crippen LogP contribution in [0.4, 0.5) is 5.69 Å². The molecule has 0 fully saturated rings. The minimum atomic E-state index is -3.74. The number of aromatic hydroxyl groups is 1. The first-order valence-corrected chi connectivity index (χ1v) is 10.9. The number of carbonyl (C=O) groups is 1. The Hall–Kier alpha value is -3.27. The highest BCUT2D eigenvalue weighted by molar-refractivity contribution is 7.92. The third-order valence-corrected chi connectivity index (χ3v) is 5.33. The van der Waals surface area contributed by atoms with Gasteiger partial charge in [0.1, 0.15) is 11.8 Å². The van der Waals surface area contributed by atoms with Gasteiger partial charge in [0.2, 0.25) is 10.0 Å². The second-order valence-electron chi connectivity index (χ2n) is 6.33. The molecule has 0 bridgehead atoms. The van der Waals surface area contributed by atoms with Gasteiger partial charge in [-0.25, -0.2) is 13.8 Å². The summed E-state index contributed by atoms with van der Waals surface area (Å²) in [5.74, 6) is 0.240. The Labute approximate surface area is 176 Å². The van der Waals surface area contributed by atoms with Crippen LogP contribution in [0.5, 0.6) is 17.2 Å². The molecule has 2 aromatic carbocycles. The number of sulfonamides is 1. The number of ether oxygens (including phenoxy) is 2. The summed E-state index contributed by atoms with van der Waals surface area (Å²) < 4.78 is 36.0. The van der Waals surface area contributed by atoms with Gasteiger partial charge in [-0.3, -0.25) is 9.10 Å². The minimum Gasteiger partial charge on any atom is -0.504 e. The molecule has 2 rings (SSSR count). The first kappa shape index (κ1) is 23.0. The second kappa shape index (κ2) is 9.97. The molecule has 30 heavy (non-hydrogen) atoms. The van der Waals surface area contributed by atoms with Crippen molar-refractivity contribution in [1.29, 1.82) is 0 Å². The van der Waals surface area contributed by atoms with Crippen molar-refractivity contribution >= 4 is 27.8 Å². The maximum absolute atomic E-state index is 12.5. The Kier molecular flexibility index (Phi) is 7.65. The number of nitrogens with zero attached hydrogens (tertiary/aromatic N) is 2. The third-order valence-electron chi connectivity index (χ3n) is 4.09. The highest BCUT2D eigenvalue weighted by atomic mass is 32.2. The zero-order chi connectivity index (χ0) is 22.3. The highest BCUT2D eigenvalue weighted by Crippen LogP contribution is 2.26. The van der Waals surface area contributed by atoms with E-state index in [0.717, 1.165) is 10.6 Å². The third kappa shape index (κ3) is 5.86.